The summed E-state index contributed by atoms with van der Waals surface area (Å²) in [5, 5.41) is 2.37. The molecule has 6 heteroatoms. The Kier molecular flexibility index (Phi) is 4.85. The minimum atomic E-state index is -0.493. The van der Waals surface area contributed by atoms with Gasteiger partial charge in [0.15, 0.2) is 5.69 Å². The van der Waals surface area contributed by atoms with E-state index in [1.54, 1.807) is 12.1 Å². The van der Waals surface area contributed by atoms with E-state index < -0.39 is 5.91 Å². The lowest BCUT2D eigenvalue weighted by Crippen LogP contribution is -2.25. The molecule has 0 aliphatic heterocycles. The van der Waals surface area contributed by atoms with Gasteiger partial charge in [0.25, 0.3) is 5.91 Å². The van der Waals surface area contributed by atoms with Crippen LogP contribution in [0.2, 0.25) is 0 Å². The number of carbonyl (C=O) groups excluding carboxylic acids is 1. The lowest BCUT2D eigenvalue weighted by Gasteiger charge is -2.01. The molecular formula is C11H9Br2N3O. The maximum Gasteiger partial charge on any atom is 0.335 e. The number of nitrogens with zero attached hydrogens (tertiary/aromatic N) is 2. The molecule has 1 aromatic carbocycles. The van der Waals surface area contributed by atoms with Gasteiger partial charge in [-0.1, -0.05) is 38.4 Å². The Labute approximate surface area is 116 Å². The fourth-order valence-electron chi connectivity index (χ4n) is 1.06. The Morgan fingerprint density at radius 2 is 1.94 bits per heavy atom. The number of carbonyl (C=O) groups is 1. The van der Waals surface area contributed by atoms with E-state index in [9.17, 15) is 4.79 Å². The first-order valence-electron chi connectivity index (χ1n) is 4.63. The lowest BCUT2D eigenvalue weighted by atomic mass is 10.2. The second kappa shape index (κ2) is 5.94. The molecule has 1 aromatic rings. The van der Waals surface area contributed by atoms with Crippen molar-refractivity contribution in [1.82, 2.24) is 5.32 Å². The largest absolute Gasteiger partial charge is 0.363 e. The molecule has 0 saturated heterocycles. The van der Waals surface area contributed by atoms with Gasteiger partial charge in [0.1, 0.15) is 0 Å². The summed E-state index contributed by atoms with van der Waals surface area (Å²) in [6.07, 6.45) is 0. The number of aliphatic imine (C=N–C) groups is 1. The van der Waals surface area contributed by atoms with Crippen molar-refractivity contribution >= 4 is 49.3 Å². The Morgan fingerprint density at radius 1 is 1.41 bits per heavy atom. The monoisotopic (exact) mass is 357 g/mol. The molecular weight excluding hydrogens is 350 g/mol. The molecule has 17 heavy (non-hydrogen) atoms. The summed E-state index contributed by atoms with van der Waals surface area (Å²) in [7, 11) is 1.46. The van der Waals surface area contributed by atoms with Crippen molar-refractivity contribution in [2.75, 3.05) is 7.05 Å². The number of amidine groups is 1. The van der Waals surface area contributed by atoms with Crippen LogP contribution < -0.4 is 5.32 Å². The van der Waals surface area contributed by atoms with Crippen LogP contribution in [0.4, 0.5) is 5.69 Å². The van der Waals surface area contributed by atoms with Crippen LogP contribution in [-0.2, 0) is 4.79 Å². The first kappa shape index (κ1) is 13.9. The number of benzene rings is 1. The molecule has 1 rings (SSSR count). The van der Waals surface area contributed by atoms with Crippen LogP contribution in [0.3, 0.4) is 0 Å². The van der Waals surface area contributed by atoms with Gasteiger partial charge < -0.3 is 10.2 Å². The molecule has 1 amide bonds. The van der Waals surface area contributed by atoms with Gasteiger partial charge in [-0.25, -0.2) is 0 Å². The number of halogens is 2. The maximum absolute atomic E-state index is 11.3. The predicted molar refractivity (Wildman–Crippen MR) is 74.3 cm³/mol. The first-order valence-corrected chi connectivity index (χ1v) is 6.22. The minimum absolute atomic E-state index is 0.185. The van der Waals surface area contributed by atoms with E-state index in [1.165, 1.54) is 7.05 Å². The summed E-state index contributed by atoms with van der Waals surface area (Å²) >= 11 is 6.77. The Balaban J connectivity index is 3.23. The molecule has 0 saturated carbocycles. The zero-order chi connectivity index (χ0) is 13.0. The van der Waals surface area contributed by atoms with Gasteiger partial charge in [-0.15, -0.1) is 4.99 Å². The zero-order valence-corrected chi connectivity index (χ0v) is 12.4. The number of rotatable bonds is 1. The summed E-state index contributed by atoms with van der Waals surface area (Å²) in [6.45, 7) is 8.84. The molecule has 0 unspecified atom stereocenters. The molecule has 4 nitrogen and oxygen atoms in total. The average molecular weight is 359 g/mol. The number of nitrogens with one attached hydrogen (secondary N) is 1. The highest BCUT2D eigenvalue weighted by molar-refractivity contribution is 9.11. The van der Waals surface area contributed by atoms with Crippen molar-refractivity contribution in [1.29, 1.82) is 0 Å². The first-order chi connectivity index (χ1) is 7.99. The van der Waals surface area contributed by atoms with Crippen molar-refractivity contribution in [2.45, 2.75) is 6.92 Å². The predicted octanol–water partition coefficient (Wildman–Crippen LogP) is 3.22. The number of hydrogen-bond acceptors (Lipinski definition) is 2. The Morgan fingerprint density at radius 3 is 2.35 bits per heavy atom. The highest BCUT2D eigenvalue weighted by atomic mass is 79.9. The number of amides is 1. The van der Waals surface area contributed by atoms with Gasteiger partial charge in [-0.3, -0.25) is 4.79 Å². The molecule has 1 N–H and O–H groups in total. The van der Waals surface area contributed by atoms with Gasteiger partial charge >= 0.3 is 5.84 Å². The van der Waals surface area contributed by atoms with Crippen molar-refractivity contribution in [3.8, 4) is 0 Å². The van der Waals surface area contributed by atoms with E-state index >= 15 is 0 Å². The molecule has 0 spiro atoms. The highest BCUT2D eigenvalue weighted by Crippen LogP contribution is 2.30. The third-order valence-electron chi connectivity index (χ3n) is 2.04. The molecule has 0 aliphatic rings. The smallest absolute Gasteiger partial charge is 0.335 e. The summed E-state index contributed by atoms with van der Waals surface area (Å²) in [5.74, 6) is -0.678. The van der Waals surface area contributed by atoms with Gasteiger partial charge in [-0.2, -0.15) is 0 Å². The van der Waals surface area contributed by atoms with Crippen molar-refractivity contribution < 1.29 is 4.79 Å². The van der Waals surface area contributed by atoms with Crippen molar-refractivity contribution in [3.63, 3.8) is 0 Å². The van der Waals surface area contributed by atoms with Crippen LogP contribution in [0.1, 0.15) is 5.56 Å². The molecule has 88 valence electrons. The van der Waals surface area contributed by atoms with Gasteiger partial charge in [0.2, 0.25) is 0 Å². The fraction of sp³-hybridized carbons (Fsp3) is 0.182. The van der Waals surface area contributed by atoms with E-state index in [4.69, 9.17) is 6.57 Å². The molecule has 0 atom stereocenters. The summed E-state index contributed by atoms with van der Waals surface area (Å²) < 4.78 is 1.73. The van der Waals surface area contributed by atoms with Crippen LogP contribution in [-0.4, -0.2) is 18.8 Å². The molecule has 0 fully saturated rings. The molecule has 0 bridgehead atoms. The summed E-state index contributed by atoms with van der Waals surface area (Å²) in [5.41, 5.74) is 1.58. The topological polar surface area (TPSA) is 45.8 Å². The Hall–Kier alpha value is -1.19. The summed E-state index contributed by atoms with van der Waals surface area (Å²) in [6, 6.07) is 3.52. The normalized spacial score (nSPS) is 10.9. The number of hydrogen-bond donors (Lipinski definition) is 1. The van der Waals surface area contributed by atoms with Crippen LogP contribution in [0.5, 0.6) is 0 Å². The average Bonchev–Trinajstić information content (AvgIpc) is 2.31. The van der Waals surface area contributed by atoms with Crippen LogP contribution in [0, 0.1) is 13.5 Å². The molecule has 0 aliphatic carbocycles. The van der Waals surface area contributed by atoms with Gasteiger partial charge in [-0.05, 0) is 12.5 Å². The van der Waals surface area contributed by atoms with E-state index in [-0.39, 0.29) is 5.84 Å². The second-order valence-corrected chi connectivity index (χ2v) is 4.87. The van der Waals surface area contributed by atoms with Crippen molar-refractivity contribution in [3.05, 3.63) is 38.1 Å². The van der Waals surface area contributed by atoms with Crippen LogP contribution >= 0.6 is 31.9 Å². The highest BCUT2D eigenvalue weighted by Gasteiger charge is 2.11. The second-order valence-electron chi connectivity index (χ2n) is 3.16. The van der Waals surface area contributed by atoms with E-state index in [0.717, 1.165) is 14.5 Å². The zero-order valence-electron chi connectivity index (χ0n) is 9.21. The molecule has 0 aromatic heterocycles. The molecule has 0 heterocycles. The van der Waals surface area contributed by atoms with Crippen LogP contribution in [0.15, 0.2) is 26.1 Å². The Bertz CT molecular complexity index is 509. The SMILES string of the molecule is [C-]#[N+]C(=Nc1cc(Br)c(C)c(Br)c1)C(=O)NC. The van der Waals surface area contributed by atoms with Crippen molar-refractivity contribution in [2.24, 2.45) is 4.99 Å². The fourth-order valence-corrected chi connectivity index (χ4v) is 2.22. The third kappa shape index (κ3) is 3.38. The number of likely N-dealkylation sites (N-methyl/N-ethyl adjacent to an activating group) is 1. The standard InChI is InChI=1S/C11H9Br2N3O/c1-6-8(12)4-7(5-9(6)13)16-10(14-2)11(17)15-3/h4-5H,1,3H3,(H,15,17). The van der Waals surface area contributed by atoms with Gasteiger partial charge in [0.05, 0.1) is 0 Å². The third-order valence-corrected chi connectivity index (χ3v) is 3.68. The van der Waals surface area contributed by atoms with E-state index in [1.807, 2.05) is 6.92 Å². The minimum Gasteiger partial charge on any atom is -0.363 e. The van der Waals surface area contributed by atoms with Crippen LogP contribution in [0.25, 0.3) is 4.85 Å². The lowest BCUT2D eigenvalue weighted by molar-refractivity contribution is -0.114. The van der Waals surface area contributed by atoms with E-state index in [2.05, 4.69) is 47.0 Å². The quantitative estimate of drug-likeness (QED) is 0.467. The van der Waals surface area contributed by atoms with E-state index in [0.29, 0.717) is 5.69 Å². The van der Waals surface area contributed by atoms with Gasteiger partial charge in [0, 0.05) is 28.1 Å². The summed E-state index contributed by atoms with van der Waals surface area (Å²) in [4.78, 5) is 18.4. The maximum atomic E-state index is 11.3. The molecule has 0 radical (unpaired) electrons.